The highest BCUT2D eigenvalue weighted by Gasteiger charge is 1.90. The first-order valence-electron chi connectivity index (χ1n) is 12.0. The van der Waals surface area contributed by atoms with Crippen LogP contribution in [-0.4, -0.2) is 9.97 Å². The summed E-state index contributed by atoms with van der Waals surface area (Å²) < 4.78 is 0. The highest BCUT2D eigenvalue weighted by molar-refractivity contribution is 5.23. The average Bonchev–Trinajstić information content (AvgIpc) is 2.91. The average molecular weight is 568 g/mol. The largest absolute Gasteiger partial charge is 1.00 e. The van der Waals surface area contributed by atoms with Crippen LogP contribution in [-0.2, 0) is 25.7 Å². The summed E-state index contributed by atoms with van der Waals surface area (Å²) in [5, 5.41) is 0. The van der Waals surface area contributed by atoms with Gasteiger partial charge in [-0.3, -0.25) is 9.97 Å². The maximum Gasteiger partial charge on any atom is 0.0372 e. The predicted molar refractivity (Wildman–Crippen MR) is 144 cm³/mol. The van der Waals surface area contributed by atoms with Gasteiger partial charge in [0.1, 0.15) is 0 Å². The van der Waals surface area contributed by atoms with Crippen LogP contribution in [0, 0.1) is 6.92 Å². The lowest BCUT2D eigenvalue weighted by Crippen LogP contribution is -3.00. The molecular formula is C31H40IN2-. The maximum atomic E-state index is 3.98. The molecular weight excluding hydrogens is 527 g/mol. The molecule has 0 fully saturated rings. The number of aryl methyl sites for hydroxylation is 5. The summed E-state index contributed by atoms with van der Waals surface area (Å²) in [5.41, 5.74) is 6.85. The summed E-state index contributed by atoms with van der Waals surface area (Å²) in [5.74, 6) is 0. The Morgan fingerprint density at radius 2 is 0.912 bits per heavy atom. The quantitative estimate of drug-likeness (QED) is 0.321. The molecule has 0 aliphatic rings. The highest BCUT2D eigenvalue weighted by Crippen LogP contribution is 2.06. The Hall–Kier alpha value is -2.53. The van der Waals surface area contributed by atoms with Gasteiger partial charge in [0.05, 0.1) is 0 Å². The molecule has 4 rings (SSSR count). The molecule has 0 saturated carbocycles. The van der Waals surface area contributed by atoms with E-state index in [1.807, 2.05) is 43.3 Å². The van der Waals surface area contributed by atoms with Gasteiger partial charge in [-0.1, -0.05) is 88.4 Å². The monoisotopic (exact) mass is 567 g/mol. The van der Waals surface area contributed by atoms with Crippen molar-refractivity contribution in [1.82, 2.24) is 9.97 Å². The second-order valence-electron chi connectivity index (χ2n) is 7.55. The first-order valence-corrected chi connectivity index (χ1v) is 12.0. The van der Waals surface area contributed by atoms with Crippen LogP contribution in [0.5, 0.6) is 0 Å². The molecule has 0 radical (unpaired) electrons. The van der Waals surface area contributed by atoms with E-state index < -0.39 is 0 Å². The Morgan fingerprint density at radius 1 is 0.500 bits per heavy atom. The van der Waals surface area contributed by atoms with E-state index in [0.717, 1.165) is 31.4 Å². The van der Waals surface area contributed by atoms with Crippen LogP contribution < -0.4 is 24.0 Å². The molecule has 0 aliphatic carbocycles. The molecule has 0 amide bonds. The van der Waals surface area contributed by atoms with Gasteiger partial charge in [-0.2, -0.15) is 0 Å². The van der Waals surface area contributed by atoms with Crippen molar-refractivity contribution in [3.05, 3.63) is 131 Å². The van der Waals surface area contributed by atoms with Gasteiger partial charge in [0.15, 0.2) is 0 Å². The molecule has 0 aliphatic heterocycles. The summed E-state index contributed by atoms with van der Waals surface area (Å²) in [6.45, 7) is 10.7. The first-order chi connectivity index (χ1) is 16.1. The molecule has 0 atom stereocenters. The van der Waals surface area contributed by atoms with Crippen molar-refractivity contribution in [3.63, 3.8) is 0 Å². The predicted octanol–water partition coefficient (Wildman–Crippen LogP) is 5.10. The van der Waals surface area contributed by atoms with Crippen molar-refractivity contribution in [2.75, 3.05) is 0 Å². The van der Waals surface area contributed by atoms with Gasteiger partial charge in [-0.15, -0.1) is 0 Å². The van der Waals surface area contributed by atoms with E-state index in [1.54, 1.807) is 18.6 Å². The number of rotatable bonds is 4. The Morgan fingerprint density at radius 3 is 1.12 bits per heavy atom. The standard InChI is InChI=1S/2C10H14.C6H7N.C5H5N.HI/c2*1-3-9-6-5-7-10(4-2)8-9;1-6-4-2-3-5-7-6;1-2-4-6-5-3-1;/h2*5-8H,3-4H2,1-2H3;2-5H,1H3;1-5H;1H/p-1. The van der Waals surface area contributed by atoms with Crippen LogP contribution in [0.1, 0.15) is 55.6 Å². The molecule has 0 N–H and O–H groups in total. The Bertz CT molecular complexity index is 860. The minimum atomic E-state index is 0. The van der Waals surface area contributed by atoms with Crippen molar-refractivity contribution < 1.29 is 24.0 Å². The van der Waals surface area contributed by atoms with Gasteiger partial charge in [0.25, 0.3) is 0 Å². The molecule has 0 spiro atoms. The van der Waals surface area contributed by atoms with Gasteiger partial charge in [0.2, 0.25) is 0 Å². The van der Waals surface area contributed by atoms with Crippen molar-refractivity contribution >= 4 is 0 Å². The van der Waals surface area contributed by atoms with Gasteiger partial charge in [0, 0.05) is 24.3 Å². The summed E-state index contributed by atoms with van der Waals surface area (Å²) in [7, 11) is 0. The summed E-state index contributed by atoms with van der Waals surface area (Å²) in [6.07, 6.45) is 9.87. The highest BCUT2D eigenvalue weighted by atomic mass is 127. The van der Waals surface area contributed by atoms with Crippen LogP contribution >= 0.6 is 0 Å². The number of hydrogen-bond donors (Lipinski definition) is 0. The zero-order valence-corrected chi connectivity index (χ0v) is 23.6. The van der Waals surface area contributed by atoms with Gasteiger partial charge in [-0.25, -0.2) is 0 Å². The van der Waals surface area contributed by atoms with E-state index in [0.29, 0.717) is 0 Å². The van der Waals surface area contributed by atoms with Crippen molar-refractivity contribution in [1.29, 1.82) is 0 Å². The van der Waals surface area contributed by atoms with Gasteiger partial charge < -0.3 is 24.0 Å². The van der Waals surface area contributed by atoms with E-state index >= 15 is 0 Å². The third-order valence-corrected chi connectivity index (χ3v) is 5.00. The van der Waals surface area contributed by atoms with Gasteiger partial charge in [-0.05, 0) is 79.1 Å². The number of hydrogen-bond acceptors (Lipinski definition) is 2. The molecule has 3 heteroatoms. The van der Waals surface area contributed by atoms with Crippen LogP contribution in [0.25, 0.3) is 0 Å². The molecule has 2 aromatic heterocycles. The number of benzene rings is 2. The Kier molecular flexibility index (Phi) is 19.5. The number of nitrogens with zero attached hydrogens (tertiary/aromatic N) is 2. The fourth-order valence-electron chi connectivity index (χ4n) is 2.90. The molecule has 0 saturated heterocycles. The second-order valence-corrected chi connectivity index (χ2v) is 7.55. The van der Waals surface area contributed by atoms with Crippen molar-refractivity contribution in [3.8, 4) is 0 Å². The smallest absolute Gasteiger partial charge is 0.0372 e. The Labute approximate surface area is 224 Å². The zero-order valence-electron chi connectivity index (χ0n) is 21.4. The fourth-order valence-corrected chi connectivity index (χ4v) is 2.90. The third kappa shape index (κ3) is 15.3. The van der Waals surface area contributed by atoms with E-state index in [4.69, 9.17) is 0 Å². The van der Waals surface area contributed by atoms with Gasteiger partial charge >= 0.3 is 0 Å². The lowest BCUT2D eigenvalue weighted by Gasteiger charge is -1.98. The maximum absolute atomic E-state index is 3.98. The molecule has 182 valence electrons. The number of pyridine rings is 2. The van der Waals surface area contributed by atoms with E-state index in [1.165, 1.54) is 22.3 Å². The van der Waals surface area contributed by atoms with Crippen LogP contribution in [0.15, 0.2) is 104 Å². The van der Waals surface area contributed by atoms with Crippen molar-refractivity contribution in [2.24, 2.45) is 0 Å². The molecule has 4 aromatic rings. The Balaban J connectivity index is 0.000000431. The zero-order chi connectivity index (χ0) is 24.2. The molecule has 0 unspecified atom stereocenters. The summed E-state index contributed by atoms with van der Waals surface area (Å²) >= 11 is 0. The number of halogens is 1. The van der Waals surface area contributed by atoms with Crippen LogP contribution in [0.3, 0.4) is 0 Å². The molecule has 34 heavy (non-hydrogen) atoms. The van der Waals surface area contributed by atoms with Crippen LogP contribution in [0.2, 0.25) is 0 Å². The molecule has 0 bridgehead atoms. The van der Waals surface area contributed by atoms with E-state index in [-0.39, 0.29) is 24.0 Å². The van der Waals surface area contributed by atoms with E-state index in [9.17, 15) is 0 Å². The normalized spacial score (nSPS) is 8.97. The fraction of sp³-hybridized carbons (Fsp3) is 0.290. The minimum absolute atomic E-state index is 0. The lowest BCUT2D eigenvalue weighted by atomic mass is 10.1. The molecule has 2 heterocycles. The summed E-state index contributed by atoms with van der Waals surface area (Å²) in [6, 6.07) is 29.1. The van der Waals surface area contributed by atoms with Crippen LogP contribution in [0.4, 0.5) is 0 Å². The molecule has 2 aromatic carbocycles. The van der Waals surface area contributed by atoms with E-state index in [2.05, 4.69) is 86.2 Å². The second kappa shape index (κ2) is 21.0. The first kappa shape index (κ1) is 31.5. The SMILES string of the molecule is CCc1cccc(CC)c1.CCc1cccc(CC)c1.Cc1ccccn1.[I-].c1ccncc1. The minimum Gasteiger partial charge on any atom is -1.00 e. The van der Waals surface area contributed by atoms with Crippen molar-refractivity contribution in [2.45, 2.75) is 60.3 Å². The molecule has 2 nitrogen and oxygen atoms in total. The topological polar surface area (TPSA) is 25.8 Å². The summed E-state index contributed by atoms with van der Waals surface area (Å²) in [4.78, 5) is 7.76. The lowest BCUT2D eigenvalue weighted by molar-refractivity contribution is -0.00000721. The number of aromatic nitrogens is 2. The third-order valence-electron chi connectivity index (χ3n) is 5.00.